The van der Waals surface area contributed by atoms with E-state index in [1.54, 1.807) is 18.5 Å². The summed E-state index contributed by atoms with van der Waals surface area (Å²) in [6.07, 6.45) is 3.44. The summed E-state index contributed by atoms with van der Waals surface area (Å²) >= 11 is 3.24. The van der Waals surface area contributed by atoms with Crippen molar-refractivity contribution in [2.24, 2.45) is 11.8 Å². The summed E-state index contributed by atoms with van der Waals surface area (Å²) in [6.45, 7) is 1.49. The molecule has 2 aliphatic rings. The van der Waals surface area contributed by atoms with Crippen LogP contribution in [0.15, 0.2) is 18.5 Å². The largest absolute Gasteiger partial charge is 0.340 e. The molecule has 3 nitrogen and oxygen atoms in total. The van der Waals surface area contributed by atoms with Crippen LogP contribution in [0.25, 0.3) is 0 Å². The lowest BCUT2D eigenvalue weighted by Gasteiger charge is -2.20. The van der Waals surface area contributed by atoms with Gasteiger partial charge in [-0.2, -0.15) is 0 Å². The molecular weight excluding hydrogens is 261 g/mol. The summed E-state index contributed by atoms with van der Waals surface area (Å²) in [5, 5.41) is 0.457. The summed E-state index contributed by atoms with van der Waals surface area (Å²) < 4.78 is 13.9. The molecule has 2 unspecified atom stereocenters. The van der Waals surface area contributed by atoms with Crippen molar-refractivity contribution in [3.63, 3.8) is 0 Å². The Morgan fingerprint density at radius 3 is 2.53 bits per heavy atom. The Hall–Kier alpha value is -0.710. The quantitative estimate of drug-likeness (QED) is 0.766. The number of hydrogen-bond donors (Lipinski definition) is 0. The van der Waals surface area contributed by atoms with Crippen molar-refractivity contribution >= 4 is 21.9 Å². The second-order valence-electron chi connectivity index (χ2n) is 4.23. The fraction of sp³-hybridized carbons (Fsp3) is 0.600. The molecule has 15 heavy (non-hydrogen) atoms. The van der Waals surface area contributed by atoms with Gasteiger partial charge in [0.2, 0.25) is 5.95 Å². The van der Waals surface area contributed by atoms with Gasteiger partial charge in [-0.15, -0.1) is 0 Å². The monoisotopic (exact) mass is 271 g/mol. The number of nitrogens with zero attached hydrogens (tertiary/aromatic N) is 3. The van der Waals surface area contributed by atoms with Crippen LogP contribution in [-0.2, 0) is 0 Å². The molecule has 1 aliphatic heterocycles. The zero-order valence-electron chi connectivity index (χ0n) is 8.11. The summed E-state index contributed by atoms with van der Waals surface area (Å²) in [4.78, 5) is 10.4. The van der Waals surface area contributed by atoms with Gasteiger partial charge in [0.05, 0.1) is 0 Å². The lowest BCUT2D eigenvalue weighted by molar-refractivity contribution is 0.289. The summed E-state index contributed by atoms with van der Waals surface area (Å²) in [5.74, 6) is 1.06. The van der Waals surface area contributed by atoms with Crippen LogP contribution >= 0.6 is 15.9 Å². The molecule has 5 heteroatoms. The lowest BCUT2D eigenvalue weighted by Crippen LogP contribution is -2.31. The number of rotatable bonds is 2. The van der Waals surface area contributed by atoms with Crippen LogP contribution in [-0.4, -0.2) is 34.1 Å². The first-order valence-corrected chi connectivity index (χ1v) is 6.14. The second-order valence-corrected chi connectivity index (χ2v) is 4.79. The number of fused-ring (bicyclic) bond motifs is 1. The van der Waals surface area contributed by atoms with Gasteiger partial charge in [-0.1, -0.05) is 15.9 Å². The molecular formula is C10H11BrFN3. The van der Waals surface area contributed by atoms with Crippen LogP contribution in [0.5, 0.6) is 0 Å². The Balaban J connectivity index is 1.72. The Morgan fingerprint density at radius 1 is 1.40 bits per heavy atom. The molecule has 2 atom stereocenters. The minimum Gasteiger partial charge on any atom is -0.340 e. The van der Waals surface area contributed by atoms with Gasteiger partial charge >= 0.3 is 0 Å². The van der Waals surface area contributed by atoms with E-state index in [1.807, 2.05) is 0 Å². The maximum atomic E-state index is 13.9. The van der Waals surface area contributed by atoms with E-state index in [4.69, 9.17) is 0 Å². The van der Waals surface area contributed by atoms with Gasteiger partial charge in [0.25, 0.3) is 0 Å². The number of alkyl halides is 2. The van der Waals surface area contributed by atoms with Crippen molar-refractivity contribution in [1.29, 1.82) is 0 Å². The summed E-state index contributed by atoms with van der Waals surface area (Å²) in [6, 6.07) is 1.79. The highest BCUT2D eigenvalue weighted by Gasteiger charge is 2.69. The summed E-state index contributed by atoms with van der Waals surface area (Å²) in [7, 11) is 0. The van der Waals surface area contributed by atoms with E-state index in [9.17, 15) is 4.39 Å². The molecule has 0 aromatic carbocycles. The predicted molar refractivity (Wildman–Crippen MR) is 58.9 cm³/mol. The average molecular weight is 272 g/mol. The van der Waals surface area contributed by atoms with Crippen molar-refractivity contribution in [2.75, 3.05) is 23.3 Å². The topological polar surface area (TPSA) is 29.0 Å². The molecule has 1 aromatic rings. The maximum Gasteiger partial charge on any atom is 0.225 e. The standard InChI is InChI=1S/C10H11BrFN3/c11-6-10(12)7-4-15(5-8(7)10)9-13-2-1-3-14-9/h1-3,7-8H,4-6H2. The van der Waals surface area contributed by atoms with Gasteiger partial charge in [0, 0.05) is 42.6 Å². The van der Waals surface area contributed by atoms with Crippen LogP contribution < -0.4 is 4.90 Å². The second kappa shape index (κ2) is 3.14. The van der Waals surface area contributed by atoms with E-state index in [2.05, 4.69) is 30.8 Å². The highest BCUT2D eigenvalue weighted by atomic mass is 79.9. The fourth-order valence-corrected chi connectivity index (χ4v) is 3.32. The van der Waals surface area contributed by atoms with Crippen LogP contribution in [0, 0.1) is 11.8 Å². The Bertz CT molecular complexity index is 360. The zero-order valence-corrected chi connectivity index (χ0v) is 9.69. The maximum absolute atomic E-state index is 13.9. The first-order chi connectivity index (χ1) is 7.25. The number of piperidine rings is 1. The van der Waals surface area contributed by atoms with E-state index in [0.29, 0.717) is 5.33 Å². The minimum atomic E-state index is -0.967. The van der Waals surface area contributed by atoms with E-state index in [0.717, 1.165) is 19.0 Å². The minimum absolute atomic E-state index is 0.167. The van der Waals surface area contributed by atoms with Crippen molar-refractivity contribution in [3.8, 4) is 0 Å². The van der Waals surface area contributed by atoms with Gasteiger partial charge in [-0.25, -0.2) is 14.4 Å². The molecule has 2 heterocycles. The molecule has 0 N–H and O–H groups in total. The predicted octanol–water partition coefficient (Wildman–Crippen LogP) is 1.65. The molecule has 80 valence electrons. The van der Waals surface area contributed by atoms with E-state index in [-0.39, 0.29) is 11.8 Å². The highest BCUT2D eigenvalue weighted by Crippen LogP contribution is 2.59. The van der Waals surface area contributed by atoms with Gasteiger partial charge in [0.1, 0.15) is 5.67 Å². The van der Waals surface area contributed by atoms with Crippen LogP contribution in [0.2, 0.25) is 0 Å². The molecule has 0 amide bonds. The van der Waals surface area contributed by atoms with E-state index >= 15 is 0 Å². The molecule has 0 spiro atoms. The van der Waals surface area contributed by atoms with E-state index in [1.165, 1.54) is 0 Å². The highest BCUT2D eigenvalue weighted by molar-refractivity contribution is 9.09. The molecule has 2 fully saturated rings. The molecule has 0 bridgehead atoms. The first kappa shape index (κ1) is 9.51. The van der Waals surface area contributed by atoms with Gasteiger partial charge in [-0.05, 0) is 6.07 Å². The number of aromatic nitrogens is 2. The van der Waals surface area contributed by atoms with Crippen molar-refractivity contribution in [2.45, 2.75) is 5.67 Å². The average Bonchev–Trinajstić information content (AvgIpc) is 2.70. The normalized spacial score (nSPS) is 37.9. The van der Waals surface area contributed by atoms with Crippen LogP contribution in [0.1, 0.15) is 0 Å². The Labute approximate surface area is 95.8 Å². The van der Waals surface area contributed by atoms with Gasteiger partial charge in [0.15, 0.2) is 0 Å². The number of hydrogen-bond acceptors (Lipinski definition) is 3. The third-order valence-electron chi connectivity index (χ3n) is 3.48. The molecule has 0 radical (unpaired) electrons. The van der Waals surface area contributed by atoms with Crippen molar-refractivity contribution < 1.29 is 4.39 Å². The Kier molecular flexibility index (Phi) is 1.99. The van der Waals surface area contributed by atoms with E-state index < -0.39 is 5.67 Å². The van der Waals surface area contributed by atoms with Gasteiger partial charge in [-0.3, -0.25) is 0 Å². The SMILES string of the molecule is FC1(CBr)C2CN(c3ncccn3)CC21. The molecule has 1 saturated carbocycles. The number of anilines is 1. The van der Waals surface area contributed by atoms with Crippen LogP contribution in [0.4, 0.5) is 10.3 Å². The zero-order chi connectivity index (χ0) is 10.5. The molecule has 1 saturated heterocycles. The van der Waals surface area contributed by atoms with Crippen molar-refractivity contribution in [1.82, 2.24) is 9.97 Å². The Morgan fingerprint density at radius 2 is 2.00 bits per heavy atom. The fourth-order valence-electron chi connectivity index (χ4n) is 2.49. The molecule has 1 aromatic heterocycles. The third kappa shape index (κ3) is 1.29. The molecule has 1 aliphatic carbocycles. The van der Waals surface area contributed by atoms with Gasteiger partial charge < -0.3 is 4.90 Å². The molecule has 3 rings (SSSR count). The lowest BCUT2D eigenvalue weighted by atomic mass is 10.2. The smallest absolute Gasteiger partial charge is 0.225 e. The van der Waals surface area contributed by atoms with Crippen molar-refractivity contribution in [3.05, 3.63) is 18.5 Å². The third-order valence-corrected chi connectivity index (χ3v) is 4.34. The number of halogens is 2. The first-order valence-electron chi connectivity index (χ1n) is 5.02. The van der Waals surface area contributed by atoms with Crippen LogP contribution in [0.3, 0.4) is 0 Å². The summed E-state index contributed by atoms with van der Waals surface area (Å²) in [5.41, 5.74) is -0.967.